The van der Waals surface area contributed by atoms with E-state index in [4.69, 9.17) is 9.73 Å². The summed E-state index contributed by atoms with van der Waals surface area (Å²) in [5.74, 6) is 0.890. The maximum atomic E-state index is 9.38. The van der Waals surface area contributed by atoms with E-state index >= 15 is 0 Å². The van der Waals surface area contributed by atoms with E-state index in [1.165, 1.54) is 0 Å². The molecule has 0 unspecified atom stereocenters. The Morgan fingerprint density at radius 1 is 1.21 bits per heavy atom. The number of aliphatic hydroxyl groups is 1. The molecule has 0 aromatic heterocycles. The topological polar surface area (TPSA) is 65.9 Å². The summed E-state index contributed by atoms with van der Waals surface area (Å²) in [4.78, 5) is 4.84. The van der Waals surface area contributed by atoms with Gasteiger partial charge in [-0.3, -0.25) is 4.99 Å². The highest BCUT2D eigenvalue weighted by Gasteiger charge is 2.32. The van der Waals surface area contributed by atoms with Crippen molar-refractivity contribution in [3.63, 3.8) is 0 Å². The molecule has 0 saturated carbocycles. The van der Waals surface area contributed by atoms with Crippen molar-refractivity contribution in [3.05, 3.63) is 0 Å². The molecule has 0 aromatic rings. The Morgan fingerprint density at radius 2 is 1.88 bits per heavy atom. The zero-order valence-corrected chi connectivity index (χ0v) is 16.8. The normalized spacial score (nSPS) is 18.5. The van der Waals surface area contributed by atoms with Crippen molar-refractivity contribution in [1.82, 2.24) is 10.6 Å². The molecule has 1 saturated heterocycles. The number of thioether (sulfide) groups is 1. The van der Waals surface area contributed by atoms with Gasteiger partial charge in [-0.15, -0.1) is 0 Å². The highest BCUT2D eigenvalue weighted by atomic mass is 32.2. The molecule has 5 nitrogen and oxygen atoms in total. The summed E-state index contributed by atoms with van der Waals surface area (Å²) in [5.41, 5.74) is 0.104. The molecule has 1 aliphatic rings. The minimum atomic E-state index is 0.104. The lowest BCUT2D eigenvalue weighted by atomic mass is 9.79. The van der Waals surface area contributed by atoms with Gasteiger partial charge in [0.2, 0.25) is 0 Å². The Bertz CT molecular complexity index is 367. The van der Waals surface area contributed by atoms with E-state index in [1.807, 2.05) is 11.8 Å². The van der Waals surface area contributed by atoms with Crippen molar-refractivity contribution >= 4 is 17.7 Å². The van der Waals surface area contributed by atoms with Crippen molar-refractivity contribution in [2.45, 2.75) is 57.6 Å². The molecule has 0 amide bonds. The molecule has 142 valence electrons. The van der Waals surface area contributed by atoms with Gasteiger partial charge in [-0.2, -0.15) is 11.8 Å². The molecule has 24 heavy (non-hydrogen) atoms. The van der Waals surface area contributed by atoms with Gasteiger partial charge >= 0.3 is 0 Å². The molecule has 0 aromatic carbocycles. The minimum Gasteiger partial charge on any atom is -0.396 e. The number of guanidine groups is 1. The molecule has 1 aliphatic heterocycles. The number of aliphatic hydroxyl groups excluding tert-OH is 1. The summed E-state index contributed by atoms with van der Waals surface area (Å²) >= 11 is 1.94. The van der Waals surface area contributed by atoms with Crippen LogP contribution in [0.3, 0.4) is 0 Å². The molecular weight excluding hydrogens is 322 g/mol. The minimum absolute atomic E-state index is 0.104. The lowest BCUT2D eigenvalue weighted by Gasteiger charge is -2.36. The monoisotopic (exact) mass is 359 g/mol. The van der Waals surface area contributed by atoms with Gasteiger partial charge in [0.05, 0.1) is 0 Å². The lowest BCUT2D eigenvalue weighted by Crippen LogP contribution is -2.48. The van der Waals surface area contributed by atoms with Crippen LogP contribution in [-0.2, 0) is 4.74 Å². The predicted molar refractivity (Wildman–Crippen MR) is 105 cm³/mol. The van der Waals surface area contributed by atoms with Crippen molar-refractivity contribution < 1.29 is 9.84 Å². The zero-order valence-electron chi connectivity index (χ0n) is 16.0. The van der Waals surface area contributed by atoms with Gasteiger partial charge in [-0.05, 0) is 50.7 Å². The molecule has 0 spiro atoms. The standard InChI is InChI=1S/C18H37N3O2S/c1-5-17(6-2,8-11-22)14-20-16(19-7-3)21-15-18(24-4)9-12-23-13-10-18/h22H,5-15H2,1-4H3,(H2,19,20,21). The van der Waals surface area contributed by atoms with Gasteiger partial charge in [-0.25, -0.2) is 0 Å². The number of aliphatic imine (C=N–C) groups is 1. The molecule has 0 radical (unpaired) electrons. The second-order valence-corrected chi connectivity index (χ2v) is 8.00. The van der Waals surface area contributed by atoms with E-state index in [0.29, 0.717) is 0 Å². The van der Waals surface area contributed by atoms with E-state index in [2.05, 4.69) is 37.7 Å². The number of ether oxygens (including phenoxy) is 1. The van der Waals surface area contributed by atoms with Crippen LogP contribution >= 0.6 is 11.8 Å². The van der Waals surface area contributed by atoms with E-state index in [1.54, 1.807) is 0 Å². The van der Waals surface area contributed by atoms with E-state index in [-0.39, 0.29) is 16.8 Å². The summed E-state index contributed by atoms with van der Waals surface area (Å²) < 4.78 is 5.76. The van der Waals surface area contributed by atoms with Crippen molar-refractivity contribution in [2.75, 3.05) is 45.7 Å². The first-order valence-corrected chi connectivity index (χ1v) is 10.6. The summed E-state index contributed by atoms with van der Waals surface area (Å²) in [6.45, 7) is 10.9. The van der Waals surface area contributed by atoms with Gasteiger partial charge in [0.1, 0.15) is 0 Å². The van der Waals surface area contributed by atoms with Crippen LogP contribution in [-0.4, -0.2) is 61.5 Å². The van der Waals surface area contributed by atoms with Gasteiger partial charge < -0.3 is 20.5 Å². The number of nitrogens with one attached hydrogen (secondary N) is 2. The Labute approximate surface area is 152 Å². The number of rotatable bonds is 10. The Balaban J connectivity index is 2.70. The first kappa shape index (κ1) is 21.6. The third-order valence-electron chi connectivity index (χ3n) is 5.47. The van der Waals surface area contributed by atoms with Crippen LogP contribution in [0.1, 0.15) is 52.9 Å². The Morgan fingerprint density at radius 3 is 2.38 bits per heavy atom. The van der Waals surface area contributed by atoms with Crippen LogP contribution in [0.2, 0.25) is 0 Å². The summed E-state index contributed by atoms with van der Waals surface area (Å²) in [6.07, 6.45) is 7.25. The van der Waals surface area contributed by atoms with Crippen molar-refractivity contribution in [2.24, 2.45) is 10.4 Å². The zero-order chi connectivity index (χ0) is 17.9. The third kappa shape index (κ3) is 6.45. The molecule has 0 aliphatic carbocycles. The molecule has 0 bridgehead atoms. The molecule has 1 rings (SSSR count). The first-order valence-electron chi connectivity index (χ1n) is 9.35. The largest absolute Gasteiger partial charge is 0.396 e. The molecule has 1 fully saturated rings. The fourth-order valence-corrected chi connectivity index (χ4v) is 3.96. The average Bonchev–Trinajstić information content (AvgIpc) is 2.63. The number of hydrogen-bond donors (Lipinski definition) is 3. The first-order chi connectivity index (χ1) is 11.6. The van der Waals surface area contributed by atoms with Gasteiger partial charge in [0, 0.05) is 44.2 Å². The van der Waals surface area contributed by atoms with Gasteiger partial charge in [0.15, 0.2) is 5.96 Å². The van der Waals surface area contributed by atoms with E-state index in [0.717, 1.165) is 70.9 Å². The predicted octanol–water partition coefficient (Wildman–Crippen LogP) is 2.64. The summed E-state index contributed by atoms with van der Waals surface area (Å²) in [7, 11) is 0. The fraction of sp³-hybridized carbons (Fsp3) is 0.944. The van der Waals surface area contributed by atoms with Crippen LogP contribution in [0.5, 0.6) is 0 Å². The molecular formula is C18H37N3O2S. The molecule has 6 heteroatoms. The molecule has 3 N–H and O–H groups in total. The lowest BCUT2D eigenvalue weighted by molar-refractivity contribution is 0.0782. The highest BCUT2D eigenvalue weighted by molar-refractivity contribution is 8.00. The quantitative estimate of drug-likeness (QED) is 0.413. The average molecular weight is 360 g/mol. The SMILES string of the molecule is CCNC(=NCC(CC)(CC)CCO)NCC1(SC)CCOCC1. The second kappa shape index (κ2) is 11.2. The maximum Gasteiger partial charge on any atom is 0.191 e. The molecule has 0 atom stereocenters. The maximum absolute atomic E-state index is 9.38. The smallest absolute Gasteiger partial charge is 0.191 e. The Hall–Kier alpha value is -0.460. The summed E-state index contributed by atoms with van der Waals surface area (Å²) in [5, 5.41) is 16.3. The third-order valence-corrected chi connectivity index (χ3v) is 6.89. The number of hydrogen-bond acceptors (Lipinski definition) is 4. The van der Waals surface area contributed by atoms with Crippen LogP contribution in [0.15, 0.2) is 4.99 Å². The van der Waals surface area contributed by atoms with Crippen LogP contribution in [0.4, 0.5) is 0 Å². The van der Waals surface area contributed by atoms with E-state index in [9.17, 15) is 5.11 Å². The summed E-state index contributed by atoms with van der Waals surface area (Å²) in [6, 6.07) is 0. The van der Waals surface area contributed by atoms with Gasteiger partial charge in [-0.1, -0.05) is 13.8 Å². The van der Waals surface area contributed by atoms with E-state index < -0.39 is 0 Å². The van der Waals surface area contributed by atoms with Gasteiger partial charge in [0.25, 0.3) is 0 Å². The van der Waals surface area contributed by atoms with Crippen molar-refractivity contribution in [3.8, 4) is 0 Å². The highest BCUT2D eigenvalue weighted by Crippen LogP contribution is 2.33. The fourth-order valence-electron chi connectivity index (χ4n) is 3.17. The van der Waals surface area contributed by atoms with Crippen LogP contribution < -0.4 is 10.6 Å². The second-order valence-electron chi connectivity index (χ2n) is 6.73. The van der Waals surface area contributed by atoms with Crippen LogP contribution in [0, 0.1) is 5.41 Å². The number of nitrogens with zero attached hydrogens (tertiary/aromatic N) is 1. The molecule has 1 heterocycles. The van der Waals surface area contributed by atoms with Crippen LogP contribution in [0.25, 0.3) is 0 Å². The van der Waals surface area contributed by atoms with Crippen molar-refractivity contribution in [1.29, 1.82) is 0 Å². The Kier molecular flexibility index (Phi) is 10.1.